The van der Waals surface area contributed by atoms with Crippen molar-refractivity contribution < 1.29 is 4.74 Å². The highest BCUT2D eigenvalue weighted by atomic mass is 16.5. The van der Waals surface area contributed by atoms with Crippen LogP contribution in [0.2, 0.25) is 0 Å². The molecule has 2 atom stereocenters. The average Bonchev–Trinajstić information content (AvgIpc) is 3.05. The first kappa shape index (κ1) is 13.8. The van der Waals surface area contributed by atoms with Crippen molar-refractivity contribution in [3.63, 3.8) is 0 Å². The van der Waals surface area contributed by atoms with Crippen LogP contribution in [0.4, 0.5) is 0 Å². The van der Waals surface area contributed by atoms with Gasteiger partial charge in [0.1, 0.15) is 0 Å². The number of rotatable bonds is 2. The van der Waals surface area contributed by atoms with Gasteiger partial charge >= 0.3 is 0 Å². The molecule has 5 rings (SSSR count). The summed E-state index contributed by atoms with van der Waals surface area (Å²) in [6, 6.07) is 21.1. The first-order valence-electron chi connectivity index (χ1n) is 8.86. The van der Waals surface area contributed by atoms with Gasteiger partial charge in [0, 0.05) is 18.6 Å². The minimum atomic E-state index is -0.00435. The summed E-state index contributed by atoms with van der Waals surface area (Å²) >= 11 is 0. The second-order valence-corrected chi connectivity index (χ2v) is 7.39. The Bertz CT molecular complexity index is 697. The molecule has 0 aliphatic carbocycles. The maximum absolute atomic E-state index is 6.40. The summed E-state index contributed by atoms with van der Waals surface area (Å²) in [7, 11) is 0. The molecule has 2 unspecified atom stereocenters. The highest BCUT2D eigenvalue weighted by Crippen LogP contribution is 2.52. The van der Waals surface area contributed by atoms with Crippen LogP contribution in [0.15, 0.2) is 54.6 Å². The van der Waals surface area contributed by atoms with E-state index in [4.69, 9.17) is 4.74 Å². The minimum Gasteiger partial charge on any atom is -0.365 e. The van der Waals surface area contributed by atoms with E-state index in [1.165, 1.54) is 29.5 Å². The van der Waals surface area contributed by atoms with Gasteiger partial charge in [0.2, 0.25) is 0 Å². The zero-order valence-electron chi connectivity index (χ0n) is 13.4. The van der Waals surface area contributed by atoms with Gasteiger partial charge in [0.05, 0.1) is 12.2 Å². The number of hydrogen-bond acceptors (Lipinski definition) is 2. The van der Waals surface area contributed by atoms with E-state index in [9.17, 15) is 0 Å². The zero-order valence-corrected chi connectivity index (χ0v) is 13.4. The Hall–Kier alpha value is -1.64. The van der Waals surface area contributed by atoms with Gasteiger partial charge in [0.15, 0.2) is 0 Å². The molecule has 2 fully saturated rings. The predicted molar refractivity (Wildman–Crippen MR) is 90.9 cm³/mol. The summed E-state index contributed by atoms with van der Waals surface area (Å²) in [4.78, 5) is 2.74. The summed E-state index contributed by atoms with van der Waals surface area (Å²) in [5.74, 6) is 0. The molecule has 2 heteroatoms. The van der Waals surface area contributed by atoms with Crippen LogP contribution in [-0.2, 0) is 23.5 Å². The topological polar surface area (TPSA) is 12.5 Å². The molecule has 0 amide bonds. The molecule has 0 aromatic heterocycles. The smallest absolute Gasteiger partial charge is 0.0969 e. The minimum absolute atomic E-state index is 0.00435. The second-order valence-electron chi connectivity index (χ2n) is 7.39. The van der Waals surface area contributed by atoms with Gasteiger partial charge in [-0.3, -0.25) is 4.90 Å². The van der Waals surface area contributed by atoms with Crippen molar-refractivity contribution in [2.24, 2.45) is 0 Å². The molecular formula is C21H23NO. The Morgan fingerprint density at radius 3 is 2.39 bits per heavy atom. The number of fused-ring (bicyclic) bond motifs is 4. The molecule has 2 aromatic rings. The van der Waals surface area contributed by atoms with E-state index in [1.807, 2.05) is 0 Å². The maximum Gasteiger partial charge on any atom is 0.0969 e. The number of benzene rings is 2. The van der Waals surface area contributed by atoms with E-state index in [0.29, 0.717) is 12.1 Å². The van der Waals surface area contributed by atoms with Crippen molar-refractivity contribution in [1.29, 1.82) is 0 Å². The van der Waals surface area contributed by atoms with E-state index in [0.717, 1.165) is 26.0 Å². The second kappa shape index (κ2) is 5.19. The Morgan fingerprint density at radius 1 is 0.913 bits per heavy atom. The summed E-state index contributed by atoms with van der Waals surface area (Å²) < 4.78 is 6.40. The first-order valence-corrected chi connectivity index (χ1v) is 8.86. The van der Waals surface area contributed by atoms with Crippen molar-refractivity contribution in [3.8, 4) is 0 Å². The maximum atomic E-state index is 6.40. The summed E-state index contributed by atoms with van der Waals surface area (Å²) in [6.45, 7) is 1.89. The third-order valence-electron chi connectivity index (χ3n) is 6.12. The molecule has 2 saturated heterocycles. The SMILES string of the molecule is c1ccc(CN2C3CCC2CC2(C3)OCc3ccccc32)cc1. The number of piperidine rings is 1. The molecule has 0 saturated carbocycles. The molecule has 0 N–H and O–H groups in total. The highest BCUT2D eigenvalue weighted by Gasteiger charge is 2.52. The Balaban J connectivity index is 1.42. The van der Waals surface area contributed by atoms with Crippen LogP contribution < -0.4 is 0 Å². The molecule has 2 aromatic carbocycles. The van der Waals surface area contributed by atoms with Crippen LogP contribution in [0, 0.1) is 0 Å². The van der Waals surface area contributed by atoms with Crippen molar-refractivity contribution in [2.45, 2.75) is 56.5 Å². The van der Waals surface area contributed by atoms with Crippen LogP contribution in [0.5, 0.6) is 0 Å². The van der Waals surface area contributed by atoms with Gasteiger partial charge in [-0.15, -0.1) is 0 Å². The molecular weight excluding hydrogens is 282 g/mol. The largest absolute Gasteiger partial charge is 0.365 e. The molecule has 1 spiro atoms. The summed E-state index contributed by atoms with van der Waals surface area (Å²) in [6.07, 6.45) is 4.97. The fourth-order valence-corrected chi connectivity index (χ4v) is 5.07. The average molecular weight is 305 g/mol. The van der Waals surface area contributed by atoms with E-state index in [1.54, 1.807) is 0 Å². The lowest BCUT2D eigenvalue weighted by molar-refractivity contribution is -0.102. The van der Waals surface area contributed by atoms with Gasteiger partial charge in [-0.1, -0.05) is 54.6 Å². The predicted octanol–water partition coefficient (Wildman–Crippen LogP) is 4.24. The van der Waals surface area contributed by atoms with E-state index in [2.05, 4.69) is 59.5 Å². The fourth-order valence-electron chi connectivity index (χ4n) is 5.07. The molecule has 23 heavy (non-hydrogen) atoms. The van der Waals surface area contributed by atoms with E-state index >= 15 is 0 Å². The molecule has 3 aliphatic rings. The van der Waals surface area contributed by atoms with Crippen molar-refractivity contribution in [1.82, 2.24) is 4.90 Å². The normalized spacial score (nSPS) is 32.3. The molecule has 2 nitrogen and oxygen atoms in total. The van der Waals surface area contributed by atoms with Crippen molar-refractivity contribution in [3.05, 3.63) is 71.3 Å². The third kappa shape index (κ3) is 2.16. The lowest BCUT2D eigenvalue weighted by atomic mass is 9.80. The van der Waals surface area contributed by atoms with Crippen LogP contribution in [-0.4, -0.2) is 17.0 Å². The van der Waals surface area contributed by atoms with Gasteiger partial charge in [-0.2, -0.15) is 0 Å². The van der Waals surface area contributed by atoms with Crippen LogP contribution in [0.25, 0.3) is 0 Å². The monoisotopic (exact) mass is 305 g/mol. The fraction of sp³-hybridized carbons (Fsp3) is 0.429. The quantitative estimate of drug-likeness (QED) is 0.823. The molecule has 3 aliphatic heterocycles. The number of hydrogen-bond donors (Lipinski definition) is 0. The van der Waals surface area contributed by atoms with Crippen LogP contribution in [0.1, 0.15) is 42.4 Å². The van der Waals surface area contributed by atoms with E-state index in [-0.39, 0.29) is 5.60 Å². The van der Waals surface area contributed by atoms with Gasteiger partial charge < -0.3 is 4.74 Å². The van der Waals surface area contributed by atoms with Crippen molar-refractivity contribution in [2.75, 3.05) is 0 Å². The summed E-state index contributed by atoms with van der Waals surface area (Å²) in [5, 5.41) is 0. The lowest BCUT2D eigenvalue weighted by Crippen LogP contribution is -2.49. The van der Waals surface area contributed by atoms with Gasteiger partial charge in [0.25, 0.3) is 0 Å². The van der Waals surface area contributed by atoms with Gasteiger partial charge in [-0.05, 0) is 42.4 Å². The van der Waals surface area contributed by atoms with Crippen LogP contribution in [0.3, 0.4) is 0 Å². The molecule has 0 radical (unpaired) electrons. The molecule has 2 bridgehead atoms. The number of nitrogens with zero attached hydrogens (tertiary/aromatic N) is 1. The summed E-state index contributed by atoms with van der Waals surface area (Å²) in [5.41, 5.74) is 4.31. The highest BCUT2D eigenvalue weighted by molar-refractivity contribution is 5.37. The Kier molecular flexibility index (Phi) is 3.10. The van der Waals surface area contributed by atoms with E-state index < -0.39 is 0 Å². The van der Waals surface area contributed by atoms with Crippen LogP contribution >= 0.6 is 0 Å². The standard InChI is InChI=1S/C21H23NO/c1-2-6-16(7-3-1)14-22-18-10-11-19(22)13-21(12-18)20-9-5-4-8-17(20)15-23-21/h1-9,18-19H,10-15H2. The zero-order chi connectivity index (χ0) is 15.3. The molecule has 118 valence electrons. The van der Waals surface area contributed by atoms with Gasteiger partial charge in [-0.25, -0.2) is 0 Å². The van der Waals surface area contributed by atoms with Crippen molar-refractivity contribution >= 4 is 0 Å². The Morgan fingerprint density at radius 2 is 1.61 bits per heavy atom. The first-order chi connectivity index (χ1) is 11.3. The lowest BCUT2D eigenvalue weighted by Gasteiger charge is -2.44. The number of ether oxygens (including phenoxy) is 1. The third-order valence-corrected chi connectivity index (χ3v) is 6.12. The molecule has 3 heterocycles. The Labute approximate surface area is 138 Å².